The van der Waals surface area contributed by atoms with Gasteiger partial charge in [0.1, 0.15) is 6.04 Å². The quantitative estimate of drug-likeness (QED) is 0.826. The number of aliphatic carboxylic acids is 1. The highest BCUT2D eigenvalue weighted by molar-refractivity contribution is 7.71. The third kappa shape index (κ3) is 1.79. The second-order valence-corrected chi connectivity index (χ2v) is 4.55. The Hall–Kier alpha value is -1.47. The number of nitrogens with one attached hydrogen (secondary N) is 1. The maximum atomic E-state index is 11.0. The fraction of sp³-hybridized carbons (Fsp3) is 0.222. The minimum absolute atomic E-state index is 0.318. The SMILES string of the molecule is CC(C(=O)O)n1c(-c2cccs2)n[nH]c1=S. The van der Waals surface area contributed by atoms with Gasteiger partial charge >= 0.3 is 5.97 Å². The van der Waals surface area contributed by atoms with Crippen molar-refractivity contribution in [1.29, 1.82) is 0 Å². The van der Waals surface area contributed by atoms with E-state index in [0.717, 1.165) is 4.88 Å². The van der Waals surface area contributed by atoms with E-state index in [9.17, 15) is 4.79 Å². The number of nitrogens with zero attached hydrogens (tertiary/aromatic N) is 2. The van der Waals surface area contributed by atoms with Crippen molar-refractivity contribution in [3.63, 3.8) is 0 Å². The van der Waals surface area contributed by atoms with E-state index in [4.69, 9.17) is 17.3 Å². The number of thiophene rings is 1. The molecule has 2 N–H and O–H groups in total. The van der Waals surface area contributed by atoms with Gasteiger partial charge in [-0.2, -0.15) is 5.10 Å². The summed E-state index contributed by atoms with van der Waals surface area (Å²) in [5, 5.41) is 17.6. The largest absolute Gasteiger partial charge is 0.480 e. The number of hydrogen-bond acceptors (Lipinski definition) is 4. The molecule has 16 heavy (non-hydrogen) atoms. The molecule has 0 aliphatic rings. The Morgan fingerprint density at radius 2 is 2.50 bits per heavy atom. The summed E-state index contributed by atoms with van der Waals surface area (Å²) < 4.78 is 1.82. The van der Waals surface area contributed by atoms with Crippen molar-refractivity contribution in [2.45, 2.75) is 13.0 Å². The summed E-state index contributed by atoms with van der Waals surface area (Å²) in [6, 6.07) is 3.03. The van der Waals surface area contributed by atoms with Crippen LogP contribution in [0.4, 0.5) is 0 Å². The predicted molar refractivity (Wildman–Crippen MR) is 63.1 cm³/mol. The summed E-state index contributed by atoms with van der Waals surface area (Å²) in [5.41, 5.74) is 0. The monoisotopic (exact) mass is 255 g/mol. The Balaban J connectivity index is 2.57. The third-order valence-corrected chi connectivity index (χ3v) is 3.34. The van der Waals surface area contributed by atoms with Gasteiger partial charge in [-0.1, -0.05) is 6.07 Å². The van der Waals surface area contributed by atoms with Gasteiger partial charge in [-0.05, 0) is 30.6 Å². The number of aromatic nitrogens is 3. The van der Waals surface area contributed by atoms with Gasteiger partial charge in [0.25, 0.3) is 0 Å². The Morgan fingerprint density at radius 3 is 3.06 bits per heavy atom. The van der Waals surface area contributed by atoms with Gasteiger partial charge < -0.3 is 5.11 Å². The standard InChI is InChI=1S/C9H9N3O2S2/c1-5(8(13)14)12-7(10-11-9(12)15)6-3-2-4-16-6/h2-5H,1H3,(H,11,15)(H,13,14). The summed E-state index contributed by atoms with van der Waals surface area (Å²) in [6.45, 7) is 1.57. The normalized spacial score (nSPS) is 12.6. The average molecular weight is 255 g/mol. The lowest BCUT2D eigenvalue weighted by Gasteiger charge is -2.09. The summed E-state index contributed by atoms with van der Waals surface area (Å²) in [6.07, 6.45) is 0. The zero-order chi connectivity index (χ0) is 11.7. The molecule has 0 radical (unpaired) electrons. The molecule has 84 valence electrons. The van der Waals surface area contributed by atoms with Crippen molar-refractivity contribution >= 4 is 29.5 Å². The van der Waals surface area contributed by atoms with Crippen LogP contribution in [-0.4, -0.2) is 25.8 Å². The van der Waals surface area contributed by atoms with E-state index in [-0.39, 0.29) is 0 Å². The van der Waals surface area contributed by atoms with Gasteiger partial charge in [-0.25, -0.2) is 4.79 Å². The van der Waals surface area contributed by atoms with E-state index in [2.05, 4.69) is 10.2 Å². The predicted octanol–water partition coefficient (Wildman–Crippen LogP) is 2.31. The van der Waals surface area contributed by atoms with E-state index < -0.39 is 12.0 Å². The molecule has 2 aromatic rings. The van der Waals surface area contributed by atoms with E-state index >= 15 is 0 Å². The first kappa shape index (κ1) is 11.0. The van der Waals surface area contributed by atoms with E-state index in [1.54, 1.807) is 6.92 Å². The molecule has 2 heterocycles. The maximum Gasteiger partial charge on any atom is 0.326 e. The second-order valence-electron chi connectivity index (χ2n) is 3.21. The number of aromatic amines is 1. The zero-order valence-corrected chi connectivity index (χ0v) is 10.0. The van der Waals surface area contributed by atoms with Gasteiger partial charge in [-0.3, -0.25) is 9.67 Å². The molecule has 0 bridgehead atoms. The van der Waals surface area contributed by atoms with Crippen molar-refractivity contribution in [1.82, 2.24) is 14.8 Å². The van der Waals surface area contributed by atoms with Crippen LogP contribution in [0.15, 0.2) is 17.5 Å². The third-order valence-electron chi connectivity index (χ3n) is 2.19. The van der Waals surface area contributed by atoms with Gasteiger partial charge in [0.2, 0.25) is 0 Å². The minimum Gasteiger partial charge on any atom is -0.480 e. The lowest BCUT2D eigenvalue weighted by Crippen LogP contribution is -2.16. The number of carbonyl (C=O) groups is 1. The first-order valence-corrected chi connectivity index (χ1v) is 5.83. The van der Waals surface area contributed by atoms with Gasteiger partial charge in [0.15, 0.2) is 10.6 Å². The smallest absolute Gasteiger partial charge is 0.326 e. The number of rotatable bonds is 3. The minimum atomic E-state index is -0.935. The average Bonchev–Trinajstić information content (AvgIpc) is 2.84. The van der Waals surface area contributed by atoms with Crippen LogP contribution in [0.1, 0.15) is 13.0 Å². The molecule has 0 amide bonds. The van der Waals surface area contributed by atoms with E-state index in [1.807, 2.05) is 17.5 Å². The summed E-state index contributed by atoms with van der Waals surface area (Å²) in [4.78, 5) is 11.9. The highest BCUT2D eigenvalue weighted by Gasteiger charge is 2.20. The first-order chi connectivity index (χ1) is 7.61. The molecule has 5 nitrogen and oxygen atoms in total. The number of carboxylic acid groups (broad SMARTS) is 1. The molecule has 1 atom stereocenters. The van der Waals surface area contributed by atoms with Gasteiger partial charge in [0.05, 0.1) is 4.88 Å². The molecule has 0 spiro atoms. The molecule has 0 aromatic carbocycles. The van der Waals surface area contributed by atoms with Crippen molar-refractivity contribution < 1.29 is 9.90 Å². The highest BCUT2D eigenvalue weighted by atomic mass is 32.1. The number of carboxylic acids is 1. The summed E-state index contributed by atoms with van der Waals surface area (Å²) in [5.74, 6) is -0.370. The van der Waals surface area contributed by atoms with Crippen LogP contribution in [0.2, 0.25) is 0 Å². The number of hydrogen-bond donors (Lipinski definition) is 2. The maximum absolute atomic E-state index is 11.0. The van der Waals surface area contributed by atoms with Crippen LogP contribution >= 0.6 is 23.6 Å². The molecule has 0 saturated heterocycles. The lowest BCUT2D eigenvalue weighted by molar-refractivity contribution is -0.140. The highest BCUT2D eigenvalue weighted by Crippen LogP contribution is 2.25. The van der Waals surface area contributed by atoms with E-state index in [0.29, 0.717) is 10.6 Å². The molecule has 7 heteroatoms. The van der Waals surface area contributed by atoms with Crippen molar-refractivity contribution in [2.75, 3.05) is 0 Å². The van der Waals surface area contributed by atoms with Crippen LogP contribution in [0.3, 0.4) is 0 Å². The Bertz CT molecular complexity index is 556. The van der Waals surface area contributed by atoms with Crippen molar-refractivity contribution in [3.8, 4) is 10.7 Å². The number of H-pyrrole nitrogens is 1. The topological polar surface area (TPSA) is 70.9 Å². The summed E-state index contributed by atoms with van der Waals surface area (Å²) >= 11 is 6.52. The van der Waals surface area contributed by atoms with Gasteiger partial charge in [-0.15, -0.1) is 11.3 Å². The van der Waals surface area contributed by atoms with Crippen molar-refractivity contribution in [3.05, 3.63) is 22.3 Å². The Kier molecular flexibility index (Phi) is 2.88. The van der Waals surface area contributed by atoms with Crippen molar-refractivity contribution in [2.24, 2.45) is 0 Å². The fourth-order valence-corrected chi connectivity index (χ4v) is 2.35. The van der Waals surface area contributed by atoms with Crippen LogP contribution in [0, 0.1) is 4.77 Å². The van der Waals surface area contributed by atoms with Crippen LogP contribution < -0.4 is 0 Å². The van der Waals surface area contributed by atoms with Crippen LogP contribution in [-0.2, 0) is 4.79 Å². The fourth-order valence-electron chi connectivity index (χ4n) is 1.35. The molecule has 0 aliphatic carbocycles. The Labute approximate surface area is 100 Å². The van der Waals surface area contributed by atoms with Gasteiger partial charge in [0, 0.05) is 0 Å². The molecule has 2 aromatic heterocycles. The molecule has 0 fully saturated rings. The molecular weight excluding hydrogens is 246 g/mol. The first-order valence-electron chi connectivity index (χ1n) is 4.55. The van der Waals surface area contributed by atoms with Crippen LogP contribution in [0.5, 0.6) is 0 Å². The summed E-state index contributed by atoms with van der Waals surface area (Å²) in [7, 11) is 0. The molecule has 0 saturated carbocycles. The lowest BCUT2D eigenvalue weighted by atomic mass is 10.3. The van der Waals surface area contributed by atoms with Crippen LogP contribution in [0.25, 0.3) is 10.7 Å². The zero-order valence-electron chi connectivity index (χ0n) is 8.38. The van der Waals surface area contributed by atoms with E-state index in [1.165, 1.54) is 15.9 Å². The molecule has 2 rings (SSSR count). The second kappa shape index (κ2) is 4.18. The molecular formula is C9H9N3O2S2. The molecule has 0 aliphatic heterocycles. The molecule has 1 unspecified atom stereocenters. The Morgan fingerprint density at radius 1 is 1.75 bits per heavy atom.